The van der Waals surface area contributed by atoms with Crippen LogP contribution in [-0.4, -0.2) is 10.1 Å². The van der Waals surface area contributed by atoms with Gasteiger partial charge in [-0.05, 0) is 31.2 Å². The quantitative estimate of drug-likeness (QED) is 0.777. The Balaban J connectivity index is 2.29. The third-order valence-electron chi connectivity index (χ3n) is 2.26. The van der Waals surface area contributed by atoms with Crippen molar-refractivity contribution in [3.05, 3.63) is 35.7 Å². The molecule has 0 bridgehead atoms. The molecule has 0 N–H and O–H groups in total. The van der Waals surface area contributed by atoms with Crippen molar-refractivity contribution in [2.45, 2.75) is 18.5 Å². The zero-order valence-electron chi connectivity index (χ0n) is 9.20. The first kappa shape index (κ1) is 12.9. The van der Waals surface area contributed by atoms with E-state index in [0.717, 1.165) is 12.1 Å². The maximum Gasteiger partial charge on any atom is 0.416 e. The second kappa shape index (κ2) is 4.61. The summed E-state index contributed by atoms with van der Waals surface area (Å²) in [6, 6.07) is 4.48. The van der Waals surface area contributed by atoms with Crippen molar-refractivity contribution >= 4 is 11.6 Å². The summed E-state index contributed by atoms with van der Waals surface area (Å²) >= 11 is 5.76. The Morgan fingerprint density at radius 2 is 1.83 bits per heavy atom. The summed E-state index contributed by atoms with van der Waals surface area (Å²) in [6.45, 7) is 1.67. The summed E-state index contributed by atoms with van der Waals surface area (Å²) < 4.78 is 42.0. The second-order valence-electron chi connectivity index (χ2n) is 3.65. The van der Waals surface area contributed by atoms with Gasteiger partial charge in [0.25, 0.3) is 5.89 Å². The topological polar surface area (TPSA) is 38.9 Å². The Kier molecular flexibility index (Phi) is 3.30. The molecule has 0 fully saturated rings. The van der Waals surface area contributed by atoms with Crippen molar-refractivity contribution in [3.8, 4) is 11.5 Å². The van der Waals surface area contributed by atoms with Crippen LogP contribution in [0.5, 0.6) is 0 Å². The molecule has 1 heterocycles. The molecule has 1 aromatic carbocycles. The van der Waals surface area contributed by atoms with Crippen LogP contribution in [0.3, 0.4) is 0 Å². The molecule has 18 heavy (non-hydrogen) atoms. The molecule has 0 saturated heterocycles. The standard InChI is InChI=1S/C11H8ClF3N2O/c1-6(12)9-16-10(18-17-9)7-2-4-8(5-3-7)11(13,14)15/h2-6H,1H3. The zero-order chi connectivity index (χ0) is 13.3. The predicted molar refractivity (Wildman–Crippen MR) is 59.0 cm³/mol. The largest absolute Gasteiger partial charge is 0.416 e. The van der Waals surface area contributed by atoms with Crippen LogP contribution < -0.4 is 0 Å². The van der Waals surface area contributed by atoms with E-state index in [4.69, 9.17) is 16.1 Å². The highest BCUT2D eigenvalue weighted by Gasteiger charge is 2.30. The third-order valence-corrected chi connectivity index (χ3v) is 2.45. The number of alkyl halides is 4. The molecule has 3 nitrogen and oxygen atoms in total. The van der Waals surface area contributed by atoms with E-state index in [0.29, 0.717) is 11.4 Å². The van der Waals surface area contributed by atoms with E-state index in [-0.39, 0.29) is 5.89 Å². The second-order valence-corrected chi connectivity index (χ2v) is 4.30. The van der Waals surface area contributed by atoms with Crippen LogP contribution in [0.4, 0.5) is 13.2 Å². The van der Waals surface area contributed by atoms with Gasteiger partial charge in [0, 0.05) is 5.56 Å². The minimum Gasteiger partial charge on any atom is -0.334 e. The van der Waals surface area contributed by atoms with Crippen molar-refractivity contribution in [1.29, 1.82) is 0 Å². The highest BCUT2D eigenvalue weighted by atomic mass is 35.5. The third kappa shape index (κ3) is 2.64. The van der Waals surface area contributed by atoms with E-state index in [9.17, 15) is 13.2 Å². The zero-order valence-corrected chi connectivity index (χ0v) is 9.96. The molecule has 1 unspecified atom stereocenters. The monoisotopic (exact) mass is 276 g/mol. The van der Waals surface area contributed by atoms with Crippen molar-refractivity contribution in [3.63, 3.8) is 0 Å². The molecular formula is C11H8ClF3N2O. The van der Waals surface area contributed by atoms with Crippen LogP contribution in [0.1, 0.15) is 23.7 Å². The average Bonchev–Trinajstić information content (AvgIpc) is 2.77. The Hall–Kier alpha value is -1.56. The maximum absolute atomic E-state index is 12.4. The molecule has 0 aliphatic carbocycles. The first-order valence-corrected chi connectivity index (χ1v) is 5.47. The van der Waals surface area contributed by atoms with Gasteiger partial charge in [-0.25, -0.2) is 0 Å². The molecule has 0 aliphatic heterocycles. The summed E-state index contributed by atoms with van der Waals surface area (Å²) in [5.41, 5.74) is -0.309. The summed E-state index contributed by atoms with van der Waals surface area (Å²) in [7, 11) is 0. The Morgan fingerprint density at radius 1 is 1.22 bits per heavy atom. The number of hydrogen-bond acceptors (Lipinski definition) is 3. The summed E-state index contributed by atoms with van der Waals surface area (Å²) in [5, 5.41) is 3.20. The van der Waals surface area contributed by atoms with Gasteiger partial charge in [0.1, 0.15) is 0 Å². The summed E-state index contributed by atoms with van der Waals surface area (Å²) in [5.74, 6) is 0.442. The number of aromatic nitrogens is 2. The van der Waals surface area contributed by atoms with E-state index in [2.05, 4.69) is 10.1 Å². The van der Waals surface area contributed by atoms with Crippen LogP contribution in [0.15, 0.2) is 28.8 Å². The average molecular weight is 277 g/mol. The van der Waals surface area contributed by atoms with E-state index in [1.807, 2.05) is 0 Å². The number of halogens is 4. The number of hydrogen-bond donors (Lipinski definition) is 0. The SMILES string of the molecule is CC(Cl)c1noc(-c2ccc(C(F)(F)F)cc2)n1. The summed E-state index contributed by atoms with van der Waals surface area (Å²) in [6.07, 6.45) is -4.36. The lowest BCUT2D eigenvalue weighted by molar-refractivity contribution is -0.137. The highest BCUT2D eigenvalue weighted by molar-refractivity contribution is 6.20. The molecule has 2 aromatic rings. The number of nitrogens with zero attached hydrogens (tertiary/aromatic N) is 2. The smallest absolute Gasteiger partial charge is 0.334 e. The van der Waals surface area contributed by atoms with Gasteiger partial charge in [-0.1, -0.05) is 5.16 Å². The van der Waals surface area contributed by atoms with Crippen molar-refractivity contribution in [2.75, 3.05) is 0 Å². The lowest BCUT2D eigenvalue weighted by atomic mass is 10.1. The van der Waals surface area contributed by atoms with E-state index in [1.165, 1.54) is 12.1 Å². The molecule has 0 radical (unpaired) electrons. The van der Waals surface area contributed by atoms with Crippen molar-refractivity contribution in [1.82, 2.24) is 10.1 Å². The molecule has 0 aliphatic rings. The van der Waals surface area contributed by atoms with Crippen molar-refractivity contribution in [2.24, 2.45) is 0 Å². The fourth-order valence-corrected chi connectivity index (χ4v) is 1.40. The number of rotatable bonds is 2. The first-order chi connectivity index (χ1) is 8.38. The fourth-order valence-electron chi connectivity index (χ4n) is 1.32. The van der Waals surface area contributed by atoms with E-state index >= 15 is 0 Å². The first-order valence-electron chi connectivity index (χ1n) is 5.03. The van der Waals surface area contributed by atoms with Crippen molar-refractivity contribution < 1.29 is 17.7 Å². The minimum atomic E-state index is -4.36. The fraction of sp³-hybridized carbons (Fsp3) is 0.273. The Labute approximate surface area is 106 Å². The van der Waals surface area contributed by atoms with Crippen LogP contribution in [-0.2, 0) is 6.18 Å². The van der Waals surface area contributed by atoms with Gasteiger partial charge < -0.3 is 4.52 Å². The molecule has 1 atom stereocenters. The van der Waals surface area contributed by atoms with Crippen LogP contribution in [0, 0.1) is 0 Å². The van der Waals surface area contributed by atoms with Gasteiger partial charge in [-0.2, -0.15) is 18.2 Å². The van der Waals surface area contributed by atoms with E-state index < -0.39 is 17.1 Å². The predicted octanol–water partition coefficient (Wildman–Crippen LogP) is 4.06. The molecule has 0 spiro atoms. The Morgan fingerprint density at radius 3 is 2.28 bits per heavy atom. The van der Waals surface area contributed by atoms with Gasteiger partial charge in [0.2, 0.25) is 0 Å². The minimum absolute atomic E-state index is 0.145. The van der Waals surface area contributed by atoms with Crippen LogP contribution in [0.2, 0.25) is 0 Å². The lowest BCUT2D eigenvalue weighted by Crippen LogP contribution is -2.03. The normalized spacial score (nSPS) is 13.6. The van der Waals surface area contributed by atoms with Gasteiger partial charge >= 0.3 is 6.18 Å². The Bertz CT molecular complexity index is 534. The summed E-state index contributed by atoms with van der Waals surface area (Å²) in [4.78, 5) is 3.98. The molecular weight excluding hydrogens is 269 g/mol. The van der Waals surface area contributed by atoms with Gasteiger partial charge in [-0.15, -0.1) is 11.6 Å². The molecule has 96 valence electrons. The molecule has 1 aromatic heterocycles. The lowest BCUT2D eigenvalue weighted by Gasteiger charge is -2.05. The molecule has 2 rings (SSSR count). The van der Waals surface area contributed by atoms with E-state index in [1.54, 1.807) is 6.92 Å². The van der Waals surface area contributed by atoms with Gasteiger partial charge in [0.05, 0.1) is 10.9 Å². The van der Waals surface area contributed by atoms with Crippen LogP contribution >= 0.6 is 11.6 Å². The highest BCUT2D eigenvalue weighted by Crippen LogP contribution is 2.30. The van der Waals surface area contributed by atoms with Crippen LogP contribution in [0.25, 0.3) is 11.5 Å². The molecule has 7 heteroatoms. The molecule has 0 amide bonds. The maximum atomic E-state index is 12.4. The number of benzene rings is 1. The van der Waals surface area contributed by atoms with Gasteiger partial charge in [0.15, 0.2) is 5.82 Å². The van der Waals surface area contributed by atoms with Gasteiger partial charge in [-0.3, -0.25) is 0 Å². The molecule has 0 saturated carbocycles.